The highest BCUT2D eigenvalue weighted by Crippen LogP contribution is 2.30. The zero-order valence-electron chi connectivity index (χ0n) is 13.6. The molecule has 1 aliphatic rings. The molecule has 0 atom stereocenters. The highest BCUT2D eigenvalue weighted by Gasteiger charge is 2.19. The maximum absolute atomic E-state index is 10.8. The van der Waals surface area contributed by atoms with E-state index in [0.717, 1.165) is 30.2 Å². The van der Waals surface area contributed by atoms with E-state index in [-0.39, 0.29) is 0 Å². The molecule has 0 amide bonds. The standard InChI is InChI=1S/C19H22N2O3/c22-19(23)12-11-17-13-18(24-14-15-7-3-1-4-8-15)20-21(17)16-9-5-2-6-10-16/h1,3-4,7-8,11-13,16H,2,5-6,9-10,14H2,(H,22,23)/b12-11+. The van der Waals surface area contributed by atoms with E-state index >= 15 is 0 Å². The molecule has 1 saturated carbocycles. The number of hydrogen-bond acceptors (Lipinski definition) is 3. The van der Waals surface area contributed by atoms with Crippen molar-refractivity contribution in [1.82, 2.24) is 9.78 Å². The van der Waals surface area contributed by atoms with Gasteiger partial charge in [-0.1, -0.05) is 49.6 Å². The topological polar surface area (TPSA) is 64.3 Å². The molecule has 1 heterocycles. The Hall–Kier alpha value is -2.56. The molecule has 0 radical (unpaired) electrons. The fraction of sp³-hybridized carbons (Fsp3) is 0.368. The van der Waals surface area contributed by atoms with Crippen LogP contribution in [0.4, 0.5) is 0 Å². The highest BCUT2D eigenvalue weighted by atomic mass is 16.5. The third-order valence-electron chi connectivity index (χ3n) is 4.29. The van der Waals surface area contributed by atoms with Crippen LogP contribution in [0, 0.1) is 0 Å². The molecule has 1 fully saturated rings. The normalized spacial score (nSPS) is 15.7. The Balaban J connectivity index is 1.77. The van der Waals surface area contributed by atoms with E-state index in [1.54, 1.807) is 6.08 Å². The van der Waals surface area contributed by atoms with Crippen molar-refractivity contribution in [3.8, 4) is 5.88 Å². The molecule has 2 aromatic rings. The third kappa shape index (κ3) is 4.25. The number of carboxylic acids is 1. The molecule has 0 spiro atoms. The van der Waals surface area contributed by atoms with Gasteiger partial charge in [0.1, 0.15) is 6.61 Å². The molecule has 0 saturated heterocycles. The van der Waals surface area contributed by atoms with Crippen LogP contribution in [0.3, 0.4) is 0 Å². The van der Waals surface area contributed by atoms with Gasteiger partial charge in [0.2, 0.25) is 5.88 Å². The predicted molar refractivity (Wildman–Crippen MR) is 91.8 cm³/mol. The van der Waals surface area contributed by atoms with Crippen molar-refractivity contribution in [3.05, 3.63) is 53.7 Å². The SMILES string of the molecule is O=C(O)/C=C/c1cc(OCc2ccccc2)nn1C1CCCCC1. The molecular weight excluding hydrogens is 304 g/mol. The fourth-order valence-corrected chi connectivity index (χ4v) is 3.09. The van der Waals surface area contributed by atoms with Crippen LogP contribution in [-0.2, 0) is 11.4 Å². The molecule has 0 unspecified atom stereocenters. The van der Waals surface area contributed by atoms with Gasteiger partial charge >= 0.3 is 5.97 Å². The summed E-state index contributed by atoms with van der Waals surface area (Å²) < 4.78 is 7.73. The summed E-state index contributed by atoms with van der Waals surface area (Å²) in [6.45, 7) is 0.449. The average molecular weight is 326 g/mol. The third-order valence-corrected chi connectivity index (χ3v) is 4.29. The van der Waals surface area contributed by atoms with Gasteiger partial charge in [0, 0.05) is 12.1 Å². The fourth-order valence-electron chi connectivity index (χ4n) is 3.09. The van der Waals surface area contributed by atoms with E-state index in [1.807, 2.05) is 41.1 Å². The monoisotopic (exact) mass is 326 g/mol. The summed E-state index contributed by atoms with van der Waals surface area (Å²) in [5.74, 6) is -0.424. The Labute approximate surface area is 141 Å². The van der Waals surface area contributed by atoms with Crippen LogP contribution in [0.15, 0.2) is 42.5 Å². The number of rotatable bonds is 6. The van der Waals surface area contributed by atoms with Crippen molar-refractivity contribution in [2.24, 2.45) is 0 Å². The van der Waals surface area contributed by atoms with Gasteiger partial charge in [-0.3, -0.25) is 4.68 Å². The molecule has 1 aliphatic carbocycles. The molecule has 1 N–H and O–H groups in total. The Morgan fingerprint density at radius 3 is 2.71 bits per heavy atom. The second kappa shape index (κ2) is 7.81. The second-order valence-electron chi connectivity index (χ2n) is 6.09. The lowest BCUT2D eigenvalue weighted by molar-refractivity contribution is -0.131. The Kier molecular flexibility index (Phi) is 5.31. The molecular formula is C19H22N2O3. The highest BCUT2D eigenvalue weighted by molar-refractivity contribution is 5.85. The lowest BCUT2D eigenvalue weighted by Gasteiger charge is -2.23. The molecule has 1 aromatic carbocycles. The van der Waals surface area contributed by atoms with Crippen LogP contribution in [0.25, 0.3) is 6.08 Å². The van der Waals surface area contributed by atoms with E-state index in [1.165, 1.54) is 19.3 Å². The van der Waals surface area contributed by atoms with Crippen molar-refractivity contribution in [3.63, 3.8) is 0 Å². The quantitative estimate of drug-likeness (QED) is 0.813. The maximum Gasteiger partial charge on any atom is 0.328 e. The smallest absolute Gasteiger partial charge is 0.328 e. The van der Waals surface area contributed by atoms with Gasteiger partial charge in [-0.05, 0) is 24.5 Å². The first kappa shape index (κ1) is 16.3. The van der Waals surface area contributed by atoms with Crippen LogP contribution < -0.4 is 4.74 Å². The molecule has 0 bridgehead atoms. The molecule has 126 valence electrons. The van der Waals surface area contributed by atoms with E-state index in [0.29, 0.717) is 18.5 Å². The van der Waals surface area contributed by atoms with Crippen molar-refractivity contribution < 1.29 is 14.6 Å². The van der Waals surface area contributed by atoms with Crippen molar-refractivity contribution in [2.45, 2.75) is 44.8 Å². The minimum Gasteiger partial charge on any atom is -0.478 e. The molecule has 1 aromatic heterocycles. The number of ether oxygens (including phenoxy) is 1. The van der Waals surface area contributed by atoms with Gasteiger partial charge in [-0.2, -0.15) is 0 Å². The van der Waals surface area contributed by atoms with E-state index < -0.39 is 5.97 Å². The summed E-state index contributed by atoms with van der Waals surface area (Å²) in [6, 6.07) is 12.1. The van der Waals surface area contributed by atoms with E-state index in [9.17, 15) is 4.79 Å². The number of aliphatic carboxylic acids is 1. The summed E-state index contributed by atoms with van der Waals surface area (Å²) in [4.78, 5) is 10.8. The Bertz CT molecular complexity index is 701. The second-order valence-corrected chi connectivity index (χ2v) is 6.09. The van der Waals surface area contributed by atoms with Gasteiger partial charge in [-0.15, -0.1) is 5.10 Å². The van der Waals surface area contributed by atoms with Gasteiger partial charge in [0.05, 0.1) is 11.7 Å². The van der Waals surface area contributed by atoms with E-state index in [4.69, 9.17) is 9.84 Å². The average Bonchev–Trinajstić information content (AvgIpc) is 3.03. The zero-order valence-corrected chi connectivity index (χ0v) is 13.6. The molecule has 5 nitrogen and oxygen atoms in total. The van der Waals surface area contributed by atoms with Crippen LogP contribution in [0.1, 0.15) is 49.4 Å². The minimum absolute atomic E-state index is 0.321. The van der Waals surface area contributed by atoms with Crippen LogP contribution in [-0.4, -0.2) is 20.9 Å². The summed E-state index contributed by atoms with van der Waals surface area (Å²) in [5.41, 5.74) is 1.86. The number of carbonyl (C=O) groups is 1. The van der Waals surface area contributed by atoms with Crippen molar-refractivity contribution in [1.29, 1.82) is 0 Å². The van der Waals surface area contributed by atoms with Gasteiger partial charge < -0.3 is 9.84 Å². The van der Waals surface area contributed by atoms with Gasteiger partial charge in [0.25, 0.3) is 0 Å². The van der Waals surface area contributed by atoms with Crippen LogP contribution in [0.2, 0.25) is 0 Å². The van der Waals surface area contributed by atoms with Crippen LogP contribution in [0.5, 0.6) is 5.88 Å². The lowest BCUT2D eigenvalue weighted by Crippen LogP contribution is -2.15. The first-order valence-electron chi connectivity index (χ1n) is 8.39. The Morgan fingerprint density at radius 1 is 1.25 bits per heavy atom. The molecule has 5 heteroatoms. The van der Waals surface area contributed by atoms with Gasteiger partial charge in [0.15, 0.2) is 0 Å². The predicted octanol–water partition coefficient (Wildman–Crippen LogP) is 4.07. The summed E-state index contributed by atoms with van der Waals surface area (Å²) in [7, 11) is 0. The molecule has 24 heavy (non-hydrogen) atoms. The van der Waals surface area contributed by atoms with Crippen molar-refractivity contribution >= 4 is 12.0 Å². The first-order valence-corrected chi connectivity index (χ1v) is 8.39. The summed E-state index contributed by atoms with van der Waals surface area (Å²) >= 11 is 0. The van der Waals surface area contributed by atoms with Crippen LogP contribution >= 0.6 is 0 Å². The maximum atomic E-state index is 10.8. The lowest BCUT2D eigenvalue weighted by atomic mass is 9.95. The summed E-state index contributed by atoms with van der Waals surface area (Å²) in [5, 5.41) is 13.5. The molecule has 3 rings (SSSR count). The number of carboxylic acid groups (broad SMARTS) is 1. The van der Waals surface area contributed by atoms with E-state index in [2.05, 4.69) is 5.10 Å². The first-order chi connectivity index (χ1) is 11.7. The zero-order chi connectivity index (χ0) is 16.8. The largest absolute Gasteiger partial charge is 0.478 e. The van der Waals surface area contributed by atoms with Crippen molar-refractivity contribution in [2.75, 3.05) is 0 Å². The molecule has 0 aliphatic heterocycles. The number of aromatic nitrogens is 2. The number of hydrogen-bond donors (Lipinski definition) is 1. The number of nitrogens with zero attached hydrogens (tertiary/aromatic N) is 2. The Morgan fingerprint density at radius 2 is 2.00 bits per heavy atom. The number of benzene rings is 1. The minimum atomic E-state index is -0.960. The summed E-state index contributed by atoms with van der Waals surface area (Å²) in [6.07, 6.45) is 8.53. The van der Waals surface area contributed by atoms with Gasteiger partial charge in [-0.25, -0.2) is 4.79 Å².